The van der Waals surface area contributed by atoms with E-state index in [0.29, 0.717) is 5.01 Å². The molecule has 0 unspecified atom stereocenters. The van der Waals surface area contributed by atoms with E-state index in [2.05, 4.69) is 0 Å². The Hall–Kier alpha value is -2.52. The summed E-state index contributed by atoms with van der Waals surface area (Å²) in [5, 5.41) is 11.3. The maximum Gasteiger partial charge on any atom is 0.270 e. The second kappa shape index (κ2) is 5.21. The number of benzene rings is 1. The van der Waals surface area contributed by atoms with Gasteiger partial charge in [-0.2, -0.15) is 0 Å². The maximum atomic E-state index is 11.7. The molecule has 9 heteroatoms. The van der Waals surface area contributed by atoms with Gasteiger partial charge in [0.15, 0.2) is 0 Å². The Labute approximate surface area is 101 Å². The van der Waals surface area contributed by atoms with Crippen LogP contribution in [0.3, 0.4) is 0 Å². The van der Waals surface area contributed by atoms with Gasteiger partial charge in [0, 0.05) is 19.2 Å². The highest BCUT2D eigenvalue weighted by molar-refractivity contribution is 6.07. The second-order valence-corrected chi connectivity index (χ2v) is 3.38. The number of nitrogens with two attached hydrogens (primary N) is 2. The lowest BCUT2D eigenvalue weighted by Gasteiger charge is -2.12. The van der Waals surface area contributed by atoms with Crippen LogP contribution >= 0.6 is 0 Å². The van der Waals surface area contributed by atoms with Crippen LogP contribution in [0.4, 0.5) is 5.69 Å². The van der Waals surface area contributed by atoms with Crippen LogP contribution < -0.4 is 17.1 Å². The summed E-state index contributed by atoms with van der Waals surface area (Å²) in [6.45, 7) is 0. The molecule has 1 aromatic carbocycles. The topological polar surface area (TPSA) is 145 Å². The molecule has 0 heterocycles. The van der Waals surface area contributed by atoms with Gasteiger partial charge in [-0.05, 0) is 6.07 Å². The van der Waals surface area contributed by atoms with E-state index in [-0.39, 0.29) is 16.8 Å². The van der Waals surface area contributed by atoms with Gasteiger partial charge in [0.05, 0.1) is 16.1 Å². The number of non-ortho nitro benzene ring substituents is 1. The SMILES string of the molecule is CN(N)C(=O)c1cc([N+](=O)[O-])ccc1C(=O)NN. The maximum absolute atomic E-state index is 11.7. The van der Waals surface area contributed by atoms with Crippen LogP contribution in [-0.2, 0) is 0 Å². The van der Waals surface area contributed by atoms with E-state index >= 15 is 0 Å². The summed E-state index contributed by atoms with van der Waals surface area (Å²) in [6, 6.07) is 3.20. The number of nitrogen functional groups attached to an aromatic ring is 1. The molecule has 0 bridgehead atoms. The van der Waals surface area contributed by atoms with Crippen molar-refractivity contribution in [3.8, 4) is 0 Å². The van der Waals surface area contributed by atoms with E-state index in [1.807, 2.05) is 5.43 Å². The van der Waals surface area contributed by atoms with Crippen molar-refractivity contribution < 1.29 is 14.5 Å². The quantitative estimate of drug-likeness (QED) is 0.277. The molecule has 0 saturated heterocycles. The van der Waals surface area contributed by atoms with E-state index in [0.717, 1.165) is 18.2 Å². The van der Waals surface area contributed by atoms with Gasteiger partial charge < -0.3 is 0 Å². The first-order valence-corrected chi connectivity index (χ1v) is 4.70. The lowest BCUT2D eigenvalue weighted by Crippen LogP contribution is -2.36. The predicted octanol–water partition coefficient (Wildman–Crippen LogP) is -0.856. The molecule has 0 radical (unpaired) electrons. The van der Waals surface area contributed by atoms with Crippen LogP contribution in [-0.4, -0.2) is 28.8 Å². The minimum absolute atomic E-state index is 0.0922. The predicted molar refractivity (Wildman–Crippen MR) is 61.0 cm³/mol. The van der Waals surface area contributed by atoms with Crippen LogP contribution in [0, 0.1) is 10.1 Å². The number of nitro benzene ring substituents is 1. The molecule has 1 aromatic rings. The van der Waals surface area contributed by atoms with Crippen molar-refractivity contribution in [2.45, 2.75) is 0 Å². The number of nitrogens with zero attached hydrogens (tertiary/aromatic N) is 2. The van der Waals surface area contributed by atoms with Crippen molar-refractivity contribution in [3.05, 3.63) is 39.4 Å². The van der Waals surface area contributed by atoms with Crippen molar-refractivity contribution in [2.24, 2.45) is 11.7 Å². The van der Waals surface area contributed by atoms with Crippen LogP contribution in [0.5, 0.6) is 0 Å². The van der Waals surface area contributed by atoms with Crippen LogP contribution in [0.1, 0.15) is 20.7 Å². The third-order valence-electron chi connectivity index (χ3n) is 2.14. The zero-order valence-electron chi connectivity index (χ0n) is 9.41. The smallest absolute Gasteiger partial charge is 0.270 e. The van der Waals surface area contributed by atoms with E-state index in [4.69, 9.17) is 11.7 Å². The number of amides is 2. The van der Waals surface area contributed by atoms with Gasteiger partial charge in [-0.15, -0.1) is 0 Å². The Morgan fingerprint density at radius 2 is 2.00 bits per heavy atom. The third kappa shape index (κ3) is 2.59. The van der Waals surface area contributed by atoms with Gasteiger partial charge in [-0.3, -0.25) is 30.1 Å². The molecule has 0 fully saturated rings. The van der Waals surface area contributed by atoms with Gasteiger partial charge in [0.25, 0.3) is 17.5 Å². The van der Waals surface area contributed by atoms with Crippen molar-refractivity contribution in [2.75, 3.05) is 7.05 Å². The number of hydrogen-bond acceptors (Lipinski definition) is 6. The van der Waals surface area contributed by atoms with Crippen LogP contribution in [0.25, 0.3) is 0 Å². The Balaban J connectivity index is 3.40. The molecule has 2 amide bonds. The number of hydrogen-bond donors (Lipinski definition) is 3. The number of hydrazine groups is 2. The fraction of sp³-hybridized carbons (Fsp3) is 0.111. The average Bonchev–Trinajstić information content (AvgIpc) is 2.35. The summed E-state index contributed by atoms with van der Waals surface area (Å²) in [7, 11) is 1.26. The molecular formula is C9H11N5O4. The summed E-state index contributed by atoms with van der Waals surface area (Å²) < 4.78 is 0. The highest BCUT2D eigenvalue weighted by Crippen LogP contribution is 2.18. The van der Waals surface area contributed by atoms with Crippen molar-refractivity contribution >= 4 is 17.5 Å². The van der Waals surface area contributed by atoms with Crippen LogP contribution in [0.2, 0.25) is 0 Å². The van der Waals surface area contributed by atoms with Gasteiger partial charge in [-0.25, -0.2) is 11.7 Å². The zero-order chi connectivity index (χ0) is 13.9. The lowest BCUT2D eigenvalue weighted by atomic mass is 10.1. The Bertz CT molecular complexity index is 514. The lowest BCUT2D eigenvalue weighted by molar-refractivity contribution is -0.384. The molecule has 0 aliphatic rings. The van der Waals surface area contributed by atoms with Gasteiger partial charge in [0.2, 0.25) is 0 Å². The molecule has 0 atom stereocenters. The minimum atomic E-state index is -0.741. The molecule has 0 spiro atoms. The summed E-state index contributed by atoms with van der Waals surface area (Å²) in [5.74, 6) is 8.73. The van der Waals surface area contributed by atoms with E-state index in [1.54, 1.807) is 0 Å². The third-order valence-corrected chi connectivity index (χ3v) is 2.14. The second-order valence-electron chi connectivity index (χ2n) is 3.38. The Morgan fingerprint density at radius 3 is 2.44 bits per heavy atom. The Morgan fingerprint density at radius 1 is 1.39 bits per heavy atom. The first-order chi connectivity index (χ1) is 8.38. The molecule has 0 aromatic heterocycles. The average molecular weight is 253 g/mol. The molecule has 96 valence electrons. The van der Waals surface area contributed by atoms with Crippen molar-refractivity contribution in [1.29, 1.82) is 0 Å². The zero-order valence-corrected chi connectivity index (χ0v) is 9.41. The van der Waals surface area contributed by atoms with E-state index in [9.17, 15) is 19.7 Å². The molecule has 9 nitrogen and oxygen atoms in total. The first kappa shape index (κ1) is 13.5. The minimum Gasteiger partial charge on any atom is -0.290 e. The normalized spacial score (nSPS) is 9.72. The largest absolute Gasteiger partial charge is 0.290 e. The molecule has 0 aliphatic heterocycles. The molecule has 18 heavy (non-hydrogen) atoms. The van der Waals surface area contributed by atoms with E-state index < -0.39 is 16.7 Å². The Kier molecular flexibility index (Phi) is 3.92. The summed E-state index contributed by atoms with van der Waals surface area (Å²) >= 11 is 0. The number of nitro groups is 1. The molecular weight excluding hydrogens is 242 g/mol. The summed E-state index contributed by atoms with van der Waals surface area (Å²) in [5.41, 5.74) is 1.23. The highest BCUT2D eigenvalue weighted by Gasteiger charge is 2.21. The van der Waals surface area contributed by atoms with Crippen LogP contribution in [0.15, 0.2) is 18.2 Å². The number of rotatable bonds is 3. The standard InChI is InChI=1S/C9H11N5O4/c1-13(11)9(16)7-4-5(14(17)18)2-3-6(7)8(15)12-10/h2-4H,10-11H2,1H3,(H,12,15). The number of carbonyl (C=O) groups excluding carboxylic acids is 2. The number of nitrogens with one attached hydrogen (secondary N) is 1. The highest BCUT2D eigenvalue weighted by atomic mass is 16.6. The van der Waals surface area contributed by atoms with Gasteiger partial charge in [0.1, 0.15) is 0 Å². The van der Waals surface area contributed by atoms with Crippen molar-refractivity contribution in [3.63, 3.8) is 0 Å². The van der Waals surface area contributed by atoms with Gasteiger partial charge >= 0.3 is 0 Å². The van der Waals surface area contributed by atoms with E-state index in [1.165, 1.54) is 7.05 Å². The fourth-order valence-corrected chi connectivity index (χ4v) is 1.29. The monoisotopic (exact) mass is 253 g/mol. The molecule has 1 rings (SSSR count). The van der Waals surface area contributed by atoms with Crippen molar-refractivity contribution in [1.82, 2.24) is 10.4 Å². The summed E-state index contributed by atoms with van der Waals surface area (Å²) in [4.78, 5) is 33.1. The molecule has 0 aliphatic carbocycles. The summed E-state index contributed by atoms with van der Waals surface area (Å²) in [6.07, 6.45) is 0. The molecule has 0 saturated carbocycles. The molecule has 5 N–H and O–H groups in total. The number of carbonyl (C=O) groups is 2. The first-order valence-electron chi connectivity index (χ1n) is 4.70. The fourth-order valence-electron chi connectivity index (χ4n) is 1.29. The van der Waals surface area contributed by atoms with Gasteiger partial charge in [-0.1, -0.05) is 0 Å².